The Hall–Kier alpha value is -1.40. The molecule has 0 aromatic heterocycles. The number of carbonyl (C=O) groups is 2. The van der Waals surface area contributed by atoms with E-state index in [9.17, 15) is 19.8 Å². The van der Waals surface area contributed by atoms with Gasteiger partial charge in [0.1, 0.15) is 13.2 Å². The lowest BCUT2D eigenvalue weighted by atomic mass is 9.92. The fourth-order valence-corrected chi connectivity index (χ4v) is 10.8. The van der Waals surface area contributed by atoms with E-state index < -0.39 is 36.5 Å². The second-order valence-electron chi connectivity index (χ2n) is 23.1. The van der Waals surface area contributed by atoms with Gasteiger partial charge in [-0.15, -0.1) is 0 Å². The van der Waals surface area contributed by atoms with Crippen LogP contribution in [-0.2, 0) is 19.1 Å². The normalized spacial score (nSPS) is 15.3. The van der Waals surface area contributed by atoms with Crippen molar-refractivity contribution in [3.8, 4) is 0 Å². The van der Waals surface area contributed by atoms with E-state index in [2.05, 4.69) is 19.1 Å². The van der Waals surface area contributed by atoms with Gasteiger partial charge in [0.2, 0.25) is 0 Å². The molecule has 1 heterocycles. The number of carbonyl (C=O) groups excluding carboxylic acids is 2. The summed E-state index contributed by atoms with van der Waals surface area (Å²) in [5.41, 5.74) is -1.12. The van der Waals surface area contributed by atoms with Crippen LogP contribution >= 0.6 is 0 Å². The van der Waals surface area contributed by atoms with Gasteiger partial charge in [0, 0.05) is 0 Å². The highest BCUT2D eigenvalue weighted by Gasteiger charge is 2.36. The molecule has 0 saturated carbocycles. The fourth-order valence-electron chi connectivity index (χ4n) is 10.8. The monoisotopic (exact) mass is 1000 g/mol. The first-order chi connectivity index (χ1) is 35.1. The molecule has 6 heteroatoms. The number of aliphatic hydroxyl groups is 2. The molecule has 1 aliphatic heterocycles. The number of rotatable bonds is 56. The Bertz CT molecular complexity index is 1120. The van der Waals surface area contributed by atoms with E-state index in [-0.39, 0.29) is 19.6 Å². The van der Waals surface area contributed by atoms with Crippen molar-refractivity contribution in [3.63, 3.8) is 0 Å². The van der Waals surface area contributed by atoms with Crippen molar-refractivity contribution in [3.05, 3.63) is 12.2 Å². The average molecular weight is 1000 g/mol. The molecular formula is C65H124O6. The number of unbranched alkanes of at least 4 members (excludes halogenated alkanes) is 50. The van der Waals surface area contributed by atoms with Gasteiger partial charge in [0.05, 0.1) is 31.0 Å². The predicted molar refractivity (Wildman–Crippen MR) is 306 cm³/mol. The first-order valence-corrected chi connectivity index (χ1v) is 32.3. The van der Waals surface area contributed by atoms with Gasteiger partial charge < -0.3 is 19.7 Å². The van der Waals surface area contributed by atoms with E-state index in [1.165, 1.54) is 315 Å². The van der Waals surface area contributed by atoms with E-state index in [0.717, 1.165) is 19.3 Å². The third kappa shape index (κ3) is 46.8. The summed E-state index contributed by atoms with van der Waals surface area (Å²) in [5.74, 6) is -1.40. The van der Waals surface area contributed by atoms with Crippen LogP contribution in [0.4, 0.5) is 0 Å². The number of allylic oxidation sites excluding steroid dienone is 2. The van der Waals surface area contributed by atoms with Gasteiger partial charge in [-0.1, -0.05) is 327 Å². The highest BCUT2D eigenvalue weighted by atomic mass is 16.6. The Balaban J connectivity index is 1.68. The minimum absolute atomic E-state index is 0.00265. The number of ether oxygens (including phenoxy) is 2. The maximum Gasteiger partial charge on any atom is 0.309 e. The number of cyclic esters (lactones) is 2. The maximum atomic E-state index is 12.5. The summed E-state index contributed by atoms with van der Waals surface area (Å²) in [6.07, 6.45) is 78.7. The maximum absolute atomic E-state index is 12.5. The van der Waals surface area contributed by atoms with Crippen molar-refractivity contribution in [2.75, 3.05) is 26.4 Å². The van der Waals surface area contributed by atoms with Crippen molar-refractivity contribution in [2.24, 2.45) is 11.3 Å². The highest BCUT2D eigenvalue weighted by molar-refractivity contribution is 5.80. The summed E-state index contributed by atoms with van der Waals surface area (Å²) >= 11 is 0. The molecule has 1 fully saturated rings. The lowest BCUT2D eigenvalue weighted by molar-refractivity contribution is -0.155. The molecule has 1 unspecified atom stereocenters. The number of hydrogen-bond acceptors (Lipinski definition) is 6. The van der Waals surface area contributed by atoms with Crippen LogP contribution in [0, 0.1) is 11.3 Å². The molecular weight excluding hydrogens is 877 g/mol. The summed E-state index contributed by atoms with van der Waals surface area (Å²) in [7, 11) is 0. The van der Waals surface area contributed by atoms with Crippen LogP contribution < -0.4 is 0 Å². The van der Waals surface area contributed by atoms with E-state index in [0.29, 0.717) is 6.42 Å². The number of hydrogen-bond donors (Lipinski definition) is 2. The Kier molecular flexibility index (Phi) is 52.2. The molecule has 1 aliphatic rings. The van der Waals surface area contributed by atoms with Gasteiger partial charge in [-0.3, -0.25) is 9.59 Å². The van der Waals surface area contributed by atoms with Crippen LogP contribution in [0.5, 0.6) is 0 Å². The van der Waals surface area contributed by atoms with Gasteiger partial charge in [-0.2, -0.15) is 0 Å². The molecule has 71 heavy (non-hydrogen) atoms. The van der Waals surface area contributed by atoms with E-state index >= 15 is 0 Å². The first-order valence-electron chi connectivity index (χ1n) is 32.3. The van der Waals surface area contributed by atoms with Crippen molar-refractivity contribution >= 4 is 11.9 Å². The molecule has 1 atom stereocenters. The molecule has 420 valence electrons. The zero-order valence-corrected chi connectivity index (χ0v) is 47.8. The zero-order valence-electron chi connectivity index (χ0n) is 47.8. The second-order valence-corrected chi connectivity index (χ2v) is 23.1. The molecule has 2 N–H and O–H groups in total. The second kappa shape index (κ2) is 54.8. The van der Waals surface area contributed by atoms with Crippen LogP contribution in [0.1, 0.15) is 354 Å². The minimum Gasteiger partial charge on any atom is -0.465 e. The third-order valence-electron chi connectivity index (χ3n) is 16.0. The van der Waals surface area contributed by atoms with Crippen LogP contribution in [0.15, 0.2) is 12.2 Å². The van der Waals surface area contributed by atoms with Crippen LogP contribution in [-0.4, -0.2) is 48.6 Å². The molecule has 0 bridgehead atoms. The Morgan fingerprint density at radius 1 is 0.366 bits per heavy atom. The van der Waals surface area contributed by atoms with Gasteiger partial charge in [-0.05, 0) is 32.1 Å². The van der Waals surface area contributed by atoms with E-state index in [1.54, 1.807) is 0 Å². The summed E-state index contributed by atoms with van der Waals surface area (Å²) in [6.45, 7) is 1.21. The highest BCUT2D eigenvalue weighted by Crippen LogP contribution is 2.25. The predicted octanol–water partition coefficient (Wildman–Crippen LogP) is 20.3. The Morgan fingerprint density at radius 3 is 0.873 bits per heavy atom. The van der Waals surface area contributed by atoms with Gasteiger partial charge in [0.15, 0.2) is 0 Å². The van der Waals surface area contributed by atoms with Gasteiger partial charge in [0.25, 0.3) is 0 Å². The molecule has 1 saturated heterocycles. The quantitative estimate of drug-likeness (QED) is 0.0358. The number of esters is 2. The SMILES string of the molecule is CCCCCCCCCCCCCCCCCCCCCCCCCCCCCCCCCCCCCCC/C=C/CCCCCCCCCCCCCCCC1CC(=O)OCC(CO)(CO)COC1=O. The van der Waals surface area contributed by atoms with Crippen molar-refractivity contribution in [1.29, 1.82) is 0 Å². The smallest absolute Gasteiger partial charge is 0.309 e. The third-order valence-corrected chi connectivity index (χ3v) is 16.0. The molecule has 0 radical (unpaired) electrons. The molecule has 0 spiro atoms. The molecule has 0 aromatic rings. The molecule has 1 rings (SSSR count). The zero-order chi connectivity index (χ0) is 51.1. The van der Waals surface area contributed by atoms with Crippen molar-refractivity contribution < 1.29 is 29.3 Å². The van der Waals surface area contributed by atoms with Crippen LogP contribution in [0.3, 0.4) is 0 Å². The summed E-state index contributed by atoms with van der Waals surface area (Å²) in [5, 5.41) is 19.2. The fraction of sp³-hybridized carbons (Fsp3) is 0.938. The summed E-state index contributed by atoms with van der Waals surface area (Å²) < 4.78 is 10.6. The van der Waals surface area contributed by atoms with Crippen molar-refractivity contribution in [1.82, 2.24) is 0 Å². The van der Waals surface area contributed by atoms with E-state index in [1.807, 2.05) is 0 Å². The van der Waals surface area contributed by atoms with Gasteiger partial charge >= 0.3 is 11.9 Å². The molecule has 0 aromatic carbocycles. The summed E-state index contributed by atoms with van der Waals surface area (Å²) in [4.78, 5) is 24.7. The Morgan fingerprint density at radius 2 is 0.606 bits per heavy atom. The lowest BCUT2D eigenvalue weighted by Gasteiger charge is -2.27. The van der Waals surface area contributed by atoms with Crippen LogP contribution in [0.25, 0.3) is 0 Å². The average Bonchev–Trinajstić information content (AvgIpc) is 3.44. The largest absolute Gasteiger partial charge is 0.465 e. The number of aliphatic hydroxyl groups excluding tert-OH is 2. The minimum atomic E-state index is -1.12. The molecule has 6 nitrogen and oxygen atoms in total. The summed E-state index contributed by atoms with van der Waals surface area (Å²) in [6, 6.07) is 0. The first kappa shape index (κ1) is 67.6. The molecule has 0 amide bonds. The molecule has 0 aliphatic carbocycles. The van der Waals surface area contributed by atoms with Crippen molar-refractivity contribution in [2.45, 2.75) is 354 Å². The topological polar surface area (TPSA) is 93.1 Å². The lowest BCUT2D eigenvalue weighted by Crippen LogP contribution is -2.40. The van der Waals surface area contributed by atoms with Gasteiger partial charge in [-0.25, -0.2) is 0 Å². The van der Waals surface area contributed by atoms with Crippen LogP contribution in [0.2, 0.25) is 0 Å². The Labute approximate surface area is 443 Å². The standard InChI is InChI=1S/C65H124O6/c1-2-3-4-5-6-7-8-9-10-11-12-13-14-15-16-17-18-19-20-21-22-23-24-25-26-27-28-29-30-31-32-33-34-35-36-37-38-39-40-41-42-43-44-45-46-47-48-49-50-51-52-53-54-55-56-62-57-63(68)70-60-65(58-66,59-67)61-71-64(62)69/h40-41,62,66-67H,2-39,42-61H2,1H3/b41-40+. The van der Waals surface area contributed by atoms with E-state index in [4.69, 9.17) is 9.47 Å².